The molecule has 1 aliphatic rings. The van der Waals surface area contributed by atoms with E-state index in [2.05, 4.69) is 26.1 Å². The number of anilines is 2. The van der Waals surface area contributed by atoms with Crippen LogP contribution >= 0.6 is 0 Å². The Kier molecular flexibility index (Phi) is 5.43. The van der Waals surface area contributed by atoms with Gasteiger partial charge >= 0.3 is 6.18 Å². The third-order valence-corrected chi connectivity index (χ3v) is 5.00. The SMILES string of the molecule is CC(C)(C)c1ccc(NC(=O)[C@@H]2CC(=O)N(c3cccc(C(F)(F)F)c3)C2)cc1. The lowest BCUT2D eigenvalue weighted by Gasteiger charge is -2.20. The zero-order chi connectivity index (χ0) is 21.4. The topological polar surface area (TPSA) is 49.4 Å². The van der Waals surface area contributed by atoms with E-state index in [1.54, 1.807) is 12.1 Å². The molecule has 1 heterocycles. The number of nitrogens with one attached hydrogen (secondary N) is 1. The molecule has 29 heavy (non-hydrogen) atoms. The first kappa shape index (κ1) is 20.9. The van der Waals surface area contributed by atoms with Gasteiger partial charge in [0.15, 0.2) is 0 Å². The van der Waals surface area contributed by atoms with E-state index < -0.39 is 17.7 Å². The second-order valence-corrected chi connectivity index (χ2v) is 8.27. The second-order valence-electron chi connectivity index (χ2n) is 8.27. The van der Waals surface area contributed by atoms with Crippen molar-refractivity contribution in [1.29, 1.82) is 0 Å². The lowest BCUT2D eigenvalue weighted by molar-refractivity contribution is -0.137. The van der Waals surface area contributed by atoms with E-state index in [-0.39, 0.29) is 35.9 Å². The first-order valence-corrected chi connectivity index (χ1v) is 9.34. The monoisotopic (exact) mass is 404 g/mol. The van der Waals surface area contributed by atoms with Crippen molar-refractivity contribution in [2.45, 2.75) is 38.8 Å². The minimum Gasteiger partial charge on any atom is -0.326 e. The van der Waals surface area contributed by atoms with Crippen LogP contribution in [0.4, 0.5) is 24.5 Å². The molecule has 0 unspecified atom stereocenters. The highest BCUT2D eigenvalue weighted by Crippen LogP contribution is 2.33. The van der Waals surface area contributed by atoms with Gasteiger partial charge in [0, 0.05) is 24.3 Å². The van der Waals surface area contributed by atoms with Crippen LogP contribution in [0.3, 0.4) is 0 Å². The number of hydrogen-bond donors (Lipinski definition) is 1. The van der Waals surface area contributed by atoms with Gasteiger partial charge in [0.1, 0.15) is 0 Å². The normalized spacial score (nSPS) is 17.5. The fourth-order valence-electron chi connectivity index (χ4n) is 3.28. The highest BCUT2D eigenvalue weighted by molar-refractivity contribution is 6.03. The van der Waals surface area contributed by atoms with Crippen LogP contribution in [0.5, 0.6) is 0 Å². The number of amides is 2. The van der Waals surface area contributed by atoms with Crippen LogP contribution < -0.4 is 10.2 Å². The summed E-state index contributed by atoms with van der Waals surface area (Å²) in [4.78, 5) is 26.1. The van der Waals surface area contributed by atoms with Gasteiger partial charge in [0.05, 0.1) is 11.5 Å². The smallest absolute Gasteiger partial charge is 0.326 e. The molecule has 0 saturated carbocycles. The molecule has 1 fully saturated rings. The fraction of sp³-hybridized carbons (Fsp3) is 0.364. The van der Waals surface area contributed by atoms with Crippen molar-refractivity contribution in [2.75, 3.05) is 16.8 Å². The van der Waals surface area contributed by atoms with E-state index in [4.69, 9.17) is 0 Å². The lowest BCUT2D eigenvalue weighted by atomic mass is 9.87. The van der Waals surface area contributed by atoms with E-state index in [0.717, 1.165) is 17.7 Å². The largest absolute Gasteiger partial charge is 0.416 e. The maximum atomic E-state index is 12.9. The van der Waals surface area contributed by atoms with Crippen molar-refractivity contribution >= 4 is 23.2 Å². The summed E-state index contributed by atoms with van der Waals surface area (Å²) in [7, 11) is 0. The molecule has 4 nitrogen and oxygen atoms in total. The van der Waals surface area contributed by atoms with E-state index >= 15 is 0 Å². The molecule has 2 aromatic carbocycles. The highest BCUT2D eigenvalue weighted by atomic mass is 19.4. The summed E-state index contributed by atoms with van der Waals surface area (Å²) < 4.78 is 38.8. The number of alkyl halides is 3. The first-order chi connectivity index (χ1) is 13.4. The Morgan fingerprint density at radius 2 is 1.69 bits per heavy atom. The van der Waals surface area contributed by atoms with Crippen molar-refractivity contribution < 1.29 is 22.8 Å². The molecule has 0 spiro atoms. The van der Waals surface area contributed by atoms with Crippen LogP contribution in [0, 0.1) is 5.92 Å². The van der Waals surface area contributed by atoms with E-state index in [0.29, 0.717) is 5.69 Å². The fourth-order valence-corrected chi connectivity index (χ4v) is 3.28. The molecule has 0 bridgehead atoms. The highest BCUT2D eigenvalue weighted by Gasteiger charge is 2.37. The molecule has 0 aliphatic carbocycles. The van der Waals surface area contributed by atoms with Crippen molar-refractivity contribution in [1.82, 2.24) is 0 Å². The molecule has 0 aromatic heterocycles. The molecule has 3 rings (SSSR count). The van der Waals surface area contributed by atoms with Gasteiger partial charge in [-0.1, -0.05) is 39.0 Å². The number of carbonyl (C=O) groups excluding carboxylic acids is 2. The van der Waals surface area contributed by atoms with Crippen LogP contribution in [0.2, 0.25) is 0 Å². The third kappa shape index (κ3) is 4.78. The number of nitrogens with zero attached hydrogens (tertiary/aromatic N) is 1. The molecule has 1 atom stereocenters. The Bertz CT molecular complexity index is 915. The van der Waals surface area contributed by atoms with Crippen LogP contribution in [0.15, 0.2) is 48.5 Å². The molecule has 2 aromatic rings. The van der Waals surface area contributed by atoms with Gasteiger partial charge in [-0.15, -0.1) is 0 Å². The number of halogens is 3. The molecule has 1 N–H and O–H groups in total. The van der Waals surface area contributed by atoms with Crippen LogP contribution in [-0.2, 0) is 21.2 Å². The molecule has 2 amide bonds. The average Bonchev–Trinajstić information content (AvgIpc) is 3.03. The number of carbonyl (C=O) groups is 2. The summed E-state index contributed by atoms with van der Waals surface area (Å²) in [6.45, 7) is 6.32. The molecule has 1 aliphatic heterocycles. The third-order valence-electron chi connectivity index (χ3n) is 5.00. The predicted molar refractivity (Wildman–Crippen MR) is 106 cm³/mol. The molecule has 1 saturated heterocycles. The summed E-state index contributed by atoms with van der Waals surface area (Å²) in [5, 5.41) is 2.79. The lowest BCUT2D eigenvalue weighted by Crippen LogP contribution is -2.28. The van der Waals surface area contributed by atoms with E-state index in [9.17, 15) is 22.8 Å². The Morgan fingerprint density at radius 1 is 1.03 bits per heavy atom. The Hall–Kier alpha value is -2.83. The average molecular weight is 404 g/mol. The van der Waals surface area contributed by atoms with Gasteiger partial charge in [-0.25, -0.2) is 0 Å². The van der Waals surface area contributed by atoms with Gasteiger partial charge in [-0.3, -0.25) is 9.59 Å². The quantitative estimate of drug-likeness (QED) is 0.783. The Morgan fingerprint density at radius 3 is 2.28 bits per heavy atom. The molecular formula is C22H23F3N2O2. The van der Waals surface area contributed by atoms with Crippen LogP contribution in [0.1, 0.15) is 38.3 Å². The van der Waals surface area contributed by atoms with Gasteiger partial charge in [0.2, 0.25) is 11.8 Å². The second kappa shape index (κ2) is 7.54. The first-order valence-electron chi connectivity index (χ1n) is 9.34. The van der Waals surface area contributed by atoms with Crippen LogP contribution in [-0.4, -0.2) is 18.4 Å². The minimum absolute atomic E-state index is 0.00807. The van der Waals surface area contributed by atoms with Crippen LogP contribution in [0.25, 0.3) is 0 Å². The van der Waals surface area contributed by atoms with Gasteiger partial charge in [-0.2, -0.15) is 13.2 Å². The minimum atomic E-state index is -4.49. The molecule has 0 radical (unpaired) electrons. The standard InChI is InChI=1S/C22H23F3N2O2/c1-21(2,3)15-7-9-17(10-8-15)26-20(29)14-11-19(28)27(13-14)18-6-4-5-16(12-18)22(23,24)25/h4-10,12,14H,11,13H2,1-3H3,(H,26,29)/t14-/m1/s1. The zero-order valence-corrected chi connectivity index (χ0v) is 16.5. The van der Waals surface area contributed by atoms with Crippen molar-refractivity contribution in [2.24, 2.45) is 5.92 Å². The van der Waals surface area contributed by atoms with E-state index in [1.165, 1.54) is 17.0 Å². The van der Waals surface area contributed by atoms with Gasteiger partial charge in [-0.05, 0) is 41.3 Å². The zero-order valence-electron chi connectivity index (χ0n) is 16.5. The summed E-state index contributed by atoms with van der Waals surface area (Å²) >= 11 is 0. The molecule has 7 heteroatoms. The van der Waals surface area contributed by atoms with Crippen molar-refractivity contribution in [3.05, 3.63) is 59.7 Å². The Labute approximate surface area is 167 Å². The summed E-state index contributed by atoms with van der Waals surface area (Å²) in [6.07, 6.45) is -4.53. The number of rotatable bonds is 3. The number of benzene rings is 2. The van der Waals surface area contributed by atoms with E-state index in [1.807, 2.05) is 12.1 Å². The van der Waals surface area contributed by atoms with Gasteiger partial charge < -0.3 is 10.2 Å². The van der Waals surface area contributed by atoms with Crippen molar-refractivity contribution in [3.8, 4) is 0 Å². The summed E-state index contributed by atoms with van der Waals surface area (Å²) in [5.41, 5.74) is 1.06. The predicted octanol–water partition coefficient (Wildman–Crippen LogP) is 4.99. The maximum Gasteiger partial charge on any atom is 0.416 e. The maximum absolute atomic E-state index is 12.9. The molecule has 154 valence electrons. The van der Waals surface area contributed by atoms with Gasteiger partial charge in [0.25, 0.3) is 0 Å². The summed E-state index contributed by atoms with van der Waals surface area (Å²) in [6, 6.07) is 12.1. The summed E-state index contributed by atoms with van der Waals surface area (Å²) in [5.74, 6) is -1.32. The number of hydrogen-bond acceptors (Lipinski definition) is 2. The van der Waals surface area contributed by atoms with Crippen molar-refractivity contribution in [3.63, 3.8) is 0 Å². The Balaban J connectivity index is 1.69. The molecular weight excluding hydrogens is 381 g/mol.